The Kier molecular flexibility index (Phi) is 3.69. The van der Waals surface area contributed by atoms with Gasteiger partial charge in [-0.2, -0.15) is 0 Å². The molecule has 5 heteroatoms. The largest absolute Gasteiger partial charge is 0.370 e. The molecular weight excluding hydrogens is 296 g/mol. The average molecular weight is 311 g/mol. The van der Waals surface area contributed by atoms with Crippen molar-refractivity contribution in [3.8, 4) is 11.1 Å². The van der Waals surface area contributed by atoms with E-state index in [-0.39, 0.29) is 5.96 Å². The highest BCUT2D eigenvalue weighted by atomic mass is 35.5. The van der Waals surface area contributed by atoms with Crippen molar-refractivity contribution in [3.63, 3.8) is 0 Å². The maximum atomic E-state index is 7.40. The zero-order chi connectivity index (χ0) is 15.7. The van der Waals surface area contributed by atoms with E-state index in [9.17, 15) is 0 Å². The van der Waals surface area contributed by atoms with E-state index in [2.05, 4.69) is 35.4 Å². The lowest BCUT2D eigenvalue weighted by Crippen LogP contribution is -2.21. The van der Waals surface area contributed by atoms with Crippen molar-refractivity contribution in [2.24, 2.45) is 5.73 Å². The number of nitrogens with one attached hydrogen (secondary N) is 2. The molecule has 22 heavy (non-hydrogen) atoms. The molecule has 0 amide bonds. The number of nitrogens with two attached hydrogens (primary N) is 1. The van der Waals surface area contributed by atoms with Crippen LogP contribution in [0.3, 0.4) is 0 Å². The second-order valence-corrected chi connectivity index (χ2v) is 5.53. The van der Waals surface area contributed by atoms with Crippen molar-refractivity contribution in [1.82, 2.24) is 4.98 Å². The van der Waals surface area contributed by atoms with Crippen LogP contribution in [-0.2, 0) is 0 Å². The molecule has 110 valence electrons. The fourth-order valence-corrected chi connectivity index (χ4v) is 2.65. The Balaban J connectivity index is 2.21. The molecule has 0 spiro atoms. The molecule has 2 aromatic carbocycles. The van der Waals surface area contributed by atoms with E-state index in [1.54, 1.807) is 6.20 Å². The Labute approximate surface area is 133 Å². The van der Waals surface area contributed by atoms with Crippen LogP contribution in [0.5, 0.6) is 0 Å². The van der Waals surface area contributed by atoms with Gasteiger partial charge in [-0.05, 0) is 24.1 Å². The van der Waals surface area contributed by atoms with Gasteiger partial charge in [0.1, 0.15) is 5.82 Å². The number of anilines is 1. The lowest BCUT2D eigenvalue weighted by Gasteiger charge is -2.10. The first-order valence-corrected chi connectivity index (χ1v) is 7.19. The molecule has 0 unspecified atom stereocenters. The summed E-state index contributed by atoms with van der Waals surface area (Å²) in [5, 5.41) is 12.4. The summed E-state index contributed by atoms with van der Waals surface area (Å²) in [6.45, 7) is 2.06. The summed E-state index contributed by atoms with van der Waals surface area (Å²) in [5.41, 5.74) is 8.80. The predicted octanol–water partition coefficient (Wildman–Crippen LogP) is 4.17. The van der Waals surface area contributed by atoms with Gasteiger partial charge in [0.2, 0.25) is 0 Å². The minimum atomic E-state index is -0.155. The number of hydrogen-bond donors (Lipinski definition) is 3. The third-order valence-corrected chi connectivity index (χ3v) is 3.74. The fraction of sp³-hybridized carbons (Fsp3) is 0.0588. The van der Waals surface area contributed by atoms with Crippen LogP contribution >= 0.6 is 11.6 Å². The first-order valence-electron chi connectivity index (χ1n) is 6.81. The lowest BCUT2D eigenvalue weighted by molar-refractivity contribution is 1.32. The van der Waals surface area contributed by atoms with Gasteiger partial charge in [0, 0.05) is 17.0 Å². The summed E-state index contributed by atoms with van der Waals surface area (Å²) in [5.74, 6) is 0.374. The van der Waals surface area contributed by atoms with Crippen LogP contribution in [-0.4, -0.2) is 10.9 Å². The minimum Gasteiger partial charge on any atom is -0.370 e. The van der Waals surface area contributed by atoms with Gasteiger partial charge in [0.25, 0.3) is 0 Å². The lowest BCUT2D eigenvalue weighted by atomic mass is 10.0. The van der Waals surface area contributed by atoms with Gasteiger partial charge in [-0.3, -0.25) is 5.41 Å². The summed E-state index contributed by atoms with van der Waals surface area (Å²) in [4.78, 5) is 4.24. The zero-order valence-corrected chi connectivity index (χ0v) is 12.8. The minimum absolute atomic E-state index is 0.155. The molecule has 0 aliphatic carbocycles. The number of pyridine rings is 1. The third-order valence-electron chi connectivity index (χ3n) is 3.44. The van der Waals surface area contributed by atoms with E-state index in [1.165, 1.54) is 5.56 Å². The van der Waals surface area contributed by atoms with Crippen molar-refractivity contribution < 1.29 is 0 Å². The SMILES string of the molecule is Cc1cccc(-c2ccc3c(Cl)cnc(NC(=N)N)c3c2)c1. The first kappa shape index (κ1) is 14.4. The number of hydrogen-bond acceptors (Lipinski definition) is 2. The van der Waals surface area contributed by atoms with Gasteiger partial charge in [-0.25, -0.2) is 4.98 Å². The maximum absolute atomic E-state index is 7.40. The number of aromatic nitrogens is 1. The standard InChI is InChI=1S/C17H15ClN4/c1-10-3-2-4-11(7-10)12-5-6-13-14(8-12)16(22-17(19)20)21-9-15(13)18/h2-9H,1H3,(H4,19,20,21,22). The fourth-order valence-electron chi connectivity index (χ4n) is 2.44. The van der Waals surface area contributed by atoms with E-state index in [0.29, 0.717) is 10.8 Å². The Morgan fingerprint density at radius 1 is 1.14 bits per heavy atom. The predicted molar refractivity (Wildman–Crippen MR) is 92.5 cm³/mol. The number of benzene rings is 2. The van der Waals surface area contributed by atoms with E-state index in [4.69, 9.17) is 22.7 Å². The highest BCUT2D eigenvalue weighted by Gasteiger charge is 2.09. The normalized spacial score (nSPS) is 10.6. The molecule has 0 saturated heterocycles. The Bertz CT molecular complexity index is 874. The van der Waals surface area contributed by atoms with Gasteiger partial charge in [0.05, 0.1) is 5.02 Å². The second-order valence-electron chi connectivity index (χ2n) is 5.12. The van der Waals surface area contributed by atoms with E-state index in [1.807, 2.05) is 24.3 Å². The molecule has 0 atom stereocenters. The highest BCUT2D eigenvalue weighted by Crippen LogP contribution is 2.32. The average Bonchev–Trinajstić information content (AvgIpc) is 2.49. The van der Waals surface area contributed by atoms with Crippen molar-refractivity contribution in [2.45, 2.75) is 6.92 Å². The molecule has 0 radical (unpaired) electrons. The molecule has 0 aliphatic rings. The van der Waals surface area contributed by atoms with Crippen LogP contribution in [0.25, 0.3) is 21.9 Å². The second kappa shape index (κ2) is 5.66. The molecule has 1 heterocycles. The molecule has 0 fully saturated rings. The van der Waals surface area contributed by atoms with E-state index in [0.717, 1.165) is 21.9 Å². The summed E-state index contributed by atoms with van der Waals surface area (Å²) in [7, 11) is 0. The Morgan fingerprint density at radius 3 is 2.64 bits per heavy atom. The van der Waals surface area contributed by atoms with E-state index < -0.39 is 0 Å². The van der Waals surface area contributed by atoms with E-state index >= 15 is 0 Å². The summed E-state index contributed by atoms with van der Waals surface area (Å²) < 4.78 is 0. The zero-order valence-electron chi connectivity index (χ0n) is 12.0. The molecule has 0 aliphatic heterocycles. The van der Waals surface area contributed by atoms with Gasteiger partial charge in [0.15, 0.2) is 5.96 Å². The number of aryl methyl sites for hydroxylation is 1. The topological polar surface area (TPSA) is 74.8 Å². The van der Waals surface area contributed by atoms with Crippen molar-refractivity contribution in [2.75, 3.05) is 5.32 Å². The Hall–Kier alpha value is -2.59. The smallest absolute Gasteiger partial charge is 0.191 e. The number of halogens is 1. The molecular formula is C17H15ClN4. The number of guanidine groups is 1. The highest BCUT2D eigenvalue weighted by molar-refractivity contribution is 6.36. The van der Waals surface area contributed by atoms with Crippen LogP contribution in [0.1, 0.15) is 5.56 Å². The molecule has 1 aromatic heterocycles. The number of fused-ring (bicyclic) bond motifs is 1. The molecule has 4 nitrogen and oxygen atoms in total. The first-order chi connectivity index (χ1) is 10.5. The van der Waals surface area contributed by atoms with Crippen LogP contribution < -0.4 is 11.1 Å². The third kappa shape index (κ3) is 2.73. The monoisotopic (exact) mass is 310 g/mol. The number of rotatable bonds is 2. The molecule has 0 saturated carbocycles. The summed E-state index contributed by atoms with van der Waals surface area (Å²) in [6, 6.07) is 14.3. The van der Waals surface area contributed by atoms with Gasteiger partial charge >= 0.3 is 0 Å². The van der Waals surface area contributed by atoms with Gasteiger partial charge in [-0.1, -0.05) is 53.6 Å². The summed E-state index contributed by atoms with van der Waals surface area (Å²) in [6.07, 6.45) is 1.56. The molecule has 3 aromatic rings. The molecule has 0 bridgehead atoms. The van der Waals surface area contributed by atoms with Crippen molar-refractivity contribution in [1.29, 1.82) is 5.41 Å². The van der Waals surface area contributed by atoms with Gasteiger partial charge in [-0.15, -0.1) is 0 Å². The van der Waals surface area contributed by atoms with Crippen molar-refractivity contribution >= 4 is 34.2 Å². The van der Waals surface area contributed by atoms with Gasteiger partial charge < -0.3 is 11.1 Å². The van der Waals surface area contributed by atoms with Crippen LogP contribution in [0.4, 0.5) is 5.82 Å². The quantitative estimate of drug-likeness (QED) is 0.491. The number of nitrogens with zero attached hydrogens (tertiary/aromatic N) is 1. The molecule has 3 rings (SSSR count). The molecule has 4 N–H and O–H groups in total. The van der Waals surface area contributed by atoms with Crippen LogP contribution in [0, 0.1) is 12.3 Å². The van der Waals surface area contributed by atoms with Crippen LogP contribution in [0.15, 0.2) is 48.7 Å². The van der Waals surface area contributed by atoms with Crippen LogP contribution in [0.2, 0.25) is 5.02 Å². The summed E-state index contributed by atoms with van der Waals surface area (Å²) >= 11 is 6.21. The maximum Gasteiger partial charge on any atom is 0.191 e. The van der Waals surface area contributed by atoms with Crippen molar-refractivity contribution in [3.05, 3.63) is 59.2 Å². The Morgan fingerprint density at radius 2 is 1.91 bits per heavy atom.